The number of rotatable bonds is 5. The minimum atomic E-state index is 0.158. The molecule has 1 atom stereocenters. The molecule has 0 aromatic heterocycles. The van der Waals surface area contributed by atoms with Crippen LogP contribution in [0.5, 0.6) is 0 Å². The maximum atomic E-state index is 12.2. The number of amides is 1. The van der Waals surface area contributed by atoms with E-state index in [2.05, 4.69) is 22.3 Å². The van der Waals surface area contributed by atoms with Crippen LogP contribution in [0.4, 0.5) is 11.4 Å². The van der Waals surface area contributed by atoms with E-state index < -0.39 is 0 Å². The van der Waals surface area contributed by atoms with Crippen LogP contribution in [0.25, 0.3) is 0 Å². The maximum absolute atomic E-state index is 12.2. The zero-order chi connectivity index (χ0) is 16.1. The number of methoxy groups -OCH3 is 1. The second-order valence-electron chi connectivity index (χ2n) is 6.90. The van der Waals surface area contributed by atoms with Crippen LogP contribution in [0.15, 0.2) is 24.3 Å². The van der Waals surface area contributed by atoms with Gasteiger partial charge in [0.15, 0.2) is 0 Å². The van der Waals surface area contributed by atoms with Crippen LogP contribution in [0, 0.1) is 5.92 Å². The van der Waals surface area contributed by atoms with Crippen LogP contribution in [0.1, 0.15) is 44.9 Å². The van der Waals surface area contributed by atoms with Crippen molar-refractivity contribution in [3.05, 3.63) is 24.3 Å². The van der Waals surface area contributed by atoms with E-state index in [0.29, 0.717) is 18.4 Å². The van der Waals surface area contributed by atoms with Gasteiger partial charge in [-0.25, -0.2) is 0 Å². The van der Waals surface area contributed by atoms with Gasteiger partial charge in [0, 0.05) is 38.0 Å². The largest absolute Gasteiger partial charge is 0.380 e. The third kappa shape index (κ3) is 4.47. The molecule has 1 N–H and O–H groups in total. The molecular formula is C19H28N2O2. The molecule has 1 amide bonds. The molecule has 126 valence electrons. The first-order chi connectivity index (χ1) is 11.2. The number of hydrogen-bond acceptors (Lipinski definition) is 3. The smallest absolute Gasteiger partial charge is 0.224 e. The van der Waals surface area contributed by atoms with Gasteiger partial charge in [-0.15, -0.1) is 0 Å². The van der Waals surface area contributed by atoms with Gasteiger partial charge in [0.05, 0.1) is 6.10 Å². The summed E-state index contributed by atoms with van der Waals surface area (Å²) in [5.74, 6) is 0.740. The lowest BCUT2D eigenvalue weighted by atomic mass is 9.87. The summed E-state index contributed by atoms with van der Waals surface area (Å²) < 4.78 is 5.41. The first-order valence-electron chi connectivity index (χ1n) is 8.92. The first-order valence-corrected chi connectivity index (χ1v) is 8.92. The van der Waals surface area contributed by atoms with Gasteiger partial charge in [-0.05, 0) is 49.4 Å². The van der Waals surface area contributed by atoms with E-state index in [-0.39, 0.29) is 5.91 Å². The molecule has 1 unspecified atom stereocenters. The molecule has 4 nitrogen and oxygen atoms in total. The Morgan fingerprint density at radius 3 is 2.57 bits per heavy atom. The summed E-state index contributed by atoms with van der Waals surface area (Å²) in [6, 6.07) is 8.20. The van der Waals surface area contributed by atoms with E-state index in [9.17, 15) is 4.79 Å². The molecule has 1 saturated heterocycles. The molecule has 1 aliphatic carbocycles. The predicted octanol–water partition coefficient (Wildman–Crippen LogP) is 3.82. The maximum Gasteiger partial charge on any atom is 0.224 e. The highest BCUT2D eigenvalue weighted by molar-refractivity contribution is 5.91. The average Bonchev–Trinajstić information content (AvgIpc) is 3.05. The Bertz CT molecular complexity index is 509. The van der Waals surface area contributed by atoms with Crippen molar-refractivity contribution in [3.8, 4) is 0 Å². The summed E-state index contributed by atoms with van der Waals surface area (Å²) in [6.45, 7) is 1.98. The lowest BCUT2D eigenvalue weighted by Crippen LogP contribution is -2.22. The Morgan fingerprint density at radius 1 is 1.17 bits per heavy atom. The number of benzene rings is 1. The molecule has 0 radical (unpaired) electrons. The molecular weight excluding hydrogens is 288 g/mol. The number of nitrogens with one attached hydrogen (secondary N) is 1. The van der Waals surface area contributed by atoms with Gasteiger partial charge < -0.3 is 15.0 Å². The zero-order valence-electron chi connectivity index (χ0n) is 14.1. The van der Waals surface area contributed by atoms with Gasteiger partial charge in [-0.1, -0.05) is 19.3 Å². The summed E-state index contributed by atoms with van der Waals surface area (Å²) >= 11 is 0. The van der Waals surface area contributed by atoms with Gasteiger partial charge in [-0.3, -0.25) is 4.79 Å². The normalized spacial score (nSPS) is 22.3. The van der Waals surface area contributed by atoms with Gasteiger partial charge >= 0.3 is 0 Å². The molecule has 1 aromatic rings. The zero-order valence-corrected chi connectivity index (χ0v) is 14.1. The summed E-state index contributed by atoms with van der Waals surface area (Å²) in [6.07, 6.45) is 8.41. The standard InChI is InChI=1S/C19H28N2O2/c1-23-18-11-12-21(14-18)17-9-7-16(8-10-17)20-19(22)13-15-5-3-2-4-6-15/h7-10,15,18H,2-6,11-14H2,1H3,(H,20,22). The van der Waals surface area contributed by atoms with Gasteiger partial charge in [0.2, 0.25) is 5.91 Å². The predicted molar refractivity (Wildman–Crippen MR) is 93.9 cm³/mol. The van der Waals surface area contributed by atoms with E-state index in [1.54, 1.807) is 7.11 Å². The van der Waals surface area contributed by atoms with Crippen molar-refractivity contribution >= 4 is 17.3 Å². The lowest BCUT2D eigenvalue weighted by molar-refractivity contribution is -0.117. The molecule has 0 spiro atoms. The molecule has 4 heteroatoms. The SMILES string of the molecule is COC1CCN(c2ccc(NC(=O)CC3CCCCC3)cc2)C1. The highest BCUT2D eigenvalue weighted by atomic mass is 16.5. The highest BCUT2D eigenvalue weighted by Crippen LogP contribution is 2.27. The molecule has 1 aliphatic heterocycles. The summed E-state index contributed by atoms with van der Waals surface area (Å²) in [5, 5.41) is 3.04. The van der Waals surface area contributed by atoms with E-state index in [4.69, 9.17) is 4.74 Å². The highest BCUT2D eigenvalue weighted by Gasteiger charge is 2.22. The molecule has 3 rings (SSSR count). The number of carbonyl (C=O) groups excluding carboxylic acids is 1. The van der Waals surface area contributed by atoms with E-state index in [1.165, 1.54) is 37.8 Å². The van der Waals surface area contributed by atoms with Crippen LogP contribution in [0.3, 0.4) is 0 Å². The second kappa shape index (κ2) is 7.82. The Labute approximate surface area is 139 Å². The number of carbonyl (C=O) groups is 1. The van der Waals surface area contributed by atoms with Crippen molar-refractivity contribution in [3.63, 3.8) is 0 Å². The van der Waals surface area contributed by atoms with E-state index in [1.807, 2.05) is 12.1 Å². The van der Waals surface area contributed by atoms with Gasteiger partial charge in [-0.2, -0.15) is 0 Å². The fraction of sp³-hybridized carbons (Fsp3) is 0.632. The number of anilines is 2. The minimum absolute atomic E-state index is 0.158. The number of hydrogen-bond donors (Lipinski definition) is 1. The minimum Gasteiger partial charge on any atom is -0.380 e. The summed E-state index contributed by atoms with van der Waals surface area (Å²) in [5.41, 5.74) is 2.10. The van der Waals surface area contributed by atoms with Crippen molar-refractivity contribution in [2.24, 2.45) is 5.92 Å². The average molecular weight is 316 g/mol. The third-order valence-corrected chi connectivity index (χ3v) is 5.19. The van der Waals surface area contributed by atoms with E-state index >= 15 is 0 Å². The summed E-state index contributed by atoms with van der Waals surface area (Å²) in [4.78, 5) is 14.5. The van der Waals surface area contributed by atoms with Crippen molar-refractivity contribution in [2.45, 2.75) is 51.0 Å². The second-order valence-corrected chi connectivity index (χ2v) is 6.90. The monoisotopic (exact) mass is 316 g/mol. The molecule has 23 heavy (non-hydrogen) atoms. The molecule has 1 heterocycles. The van der Waals surface area contributed by atoms with Crippen molar-refractivity contribution in [1.29, 1.82) is 0 Å². The van der Waals surface area contributed by atoms with Crippen LogP contribution in [-0.4, -0.2) is 32.2 Å². The van der Waals surface area contributed by atoms with Crippen molar-refractivity contribution in [2.75, 3.05) is 30.4 Å². The Hall–Kier alpha value is -1.55. The topological polar surface area (TPSA) is 41.6 Å². The quantitative estimate of drug-likeness (QED) is 0.898. The van der Waals surface area contributed by atoms with Crippen LogP contribution in [0.2, 0.25) is 0 Å². The molecule has 1 aromatic carbocycles. The number of nitrogens with zero attached hydrogens (tertiary/aromatic N) is 1. The molecule has 0 bridgehead atoms. The summed E-state index contributed by atoms with van der Waals surface area (Å²) in [7, 11) is 1.78. The first kappa shape index (κ1) is 16.3. The Balaban J connectivity index is 1.50. The molecule has 2 aliphatic rings. The molecule has 2 fully saturated rings. The fourth-order valence-electron chi connectivity index (χ4n) is 3.78. The van der Waals surface area contributed by atoms with E-state index in [0.717, 1.165) is 25.2 Å². The Kier molecular flexibility index (Phi) is 5.55. The van der Waals surface area contributed by atoms with Crippen LogP contribution < -0.4 is 10.2 Å². The third-order valence-electron chi connectivity index (χ3n) is 5.19. The van der Waals surface area contributed by atoms with Crippen LogP contribution in [-0.2, 0) is 9.53 Å². The van der Waals surface area contributed by atoms with Crippen LogP contribution >= 0.6 is 0 Å². The van der Waals surface area contributed by atoms with Crippen molar-refractivity contribution < 1.29 is 9.53 Å². The Morgan fingerprint density at radius 2 is 1.91 bits per heavy atom. The molecule has 1 saturated carbocycles. The van der Waals surface area contributed by atoms with Crippen molar-refractivity contribution in [1.82, 2.24) is 0 Å². The lowest BCUT2D eigenvalue weighted by Gasteiger charge is -2.21. The van der Waals surface area contributed by atoms with Gasteiger partial charge in [0.25, 0.3) is 0 Å². The fourth-order valence-corrected chi connectivity index (χ4v) is 3.78. The number of ether oxygens (including phenoxy) is 1. The van der Waals surface area contributed by atoms with Gasteiger partial charge in [0.1, 0.15) is 0 Å².